The molecule has 0 radical (unpaired) electrons. The maximum absolute atomic E-state index is 13.1. The zero-order valence-corrected chi connectivity index (χ0v) is 21.2. The summed E-state index contributed by atoms with van der Waals surface area (Å²) in [4.78, 5) is 15.5. The maximum Gasteiger partial charge on any atom is 0.433 e. The van der Waals surface area contributed by atoms with Gasteiger partial charge in [0.1, 0.15) is 28.1 Å². The molecule has 1 aliphatic rings. The van der Waals surface area contributed by atoms with Gasteiger partial charge in [0.2, 0.25) is 5.82 Å². The molecule has 38 heavy (non-hydrogen) atoms. The number of anilines is 3. The van der Waals surface area contributed by atoms with Crippen LogP contribution in [-0.2, 0) is 6.18 Å². The molecule has 13 heteroatoms. The lowest BCUT2D eigenvalue weighted by atomic mass is 9.88. The second-order valence-electron chi connectivity index (χ2n) is 9.78. The van der Waals surface area contributed by atoms with Crippen molar-refractivity contribution in [1.29, 1.82) is 0 Å². The van der Waals surface area contributed by atoms with Crippen molar-refractivity contribution in [2.24, 2.45) is 5.92 Å². The quantitative estimate of drug-likeness (QED) is 0.247. The molecule has 0 amide bonds. The Hall–Kier alpha value is -3.39. The fourth-order valence-electron chi connectivity index (χ4n) is 4.59. The largest absolute Gasteiger partial charge is 0.433 e. The van der Waals surface area contributed by atoms with Crippen molar-refractivity contribution in [1.82, 2.24) is 15.0 Å². The van der Waals surface area contributed by atoms with Crippen molar-refractivity contribution in [3.8, 4) is 10.6 Å². The van der Waals surface area contributed by atoms with Gasteiger partial charge in [-0.05, 0) is 38.5 Å². The van der Waals surface area contributed by atoms with Gasteiger partial charge in [0, 0.05) is 18.2 Å². The first-order valence-electron chi connectivity index (χ1n) is 11.8. The third kappa shape index (κ3) is 5.27. The summed E-state index contributed by atoms with van der Waals surface area (Å²) in [5.74, 6) is -0.168. The van der Waals surface area contributed by atoms with E-state index in [0.29, 0.717) is 16.4 Å². The Kier molecular flexibility index (Phi) is 6.71. The van der Waals surface area contributed by atoms with Crippen molar-refractivity contribution in [3.63, 3.8) is 0 Å². The van der Waals surface area contributed by atoms with E-state index in [1.165, 1.54) is 17.4 Å². The monoisotopic (exact) mass is 547 g/mol. The van der Waals surface area contributed by atoms with Gasteiger partial charge in [-0.1, -0.05) is 17.1 Å². The summed E-state index contributed by atoms with van der Waals surface area (Å²) in [6.45, 7) is 3.15. The second-order valence-corrected chi connectivity index (χ2v) is 10.8. The minimum Gasteiger partial charge on any atom is -0.390 e. The van der Waals surface area contributed by atoms with Crippen molar-refractivity contribution in [3.05, 3.63) is 54.5 Å². The highest BCUT2D eigenvalue weighted by molar-refractivity contribution is 7.21. The normalized spacial score (nSPS) is 22.1. The molecule has 1 aromatic carbocycles. The molecule has 0 bridgehead atoms. The van der Waals surface area contributed by atoms with E-state index < -0.39 is 41.6 Å². The van der Waals surface area contributed by atoms with E-state index in [4.69, 9.17) is 0 Å². The van der Waals surface area contributed by atoms with Crippen LogP contribution in [0.15, 0.2) is 48.8 Å². The number of benzene rings is 1. The summed E-state index contributed by atoms with van der Waals surface area (Å²) >= 11 is 1.43. The highest BCUT2D eigenvalue weighted by Crippen LogP contribution is 2.39. The van der Waals surface area contributed by atoms with E-state index in [0.717, 1.165) is 22.5 Å². The number of hydrogen-bond donors (Lipinski definition) is 5. The zero-order valence-electron chi connectivity index (χ0n) is 20.4. The number of nitrogens with one attached hydrogen (secondary N) is 3. The number of aromatic amines is 1. The smallest absolute Gasteiger partial charge is 0.390 e. The Morgan fingerprint density at radius 2 is 1.84 bits per heavy atom. The molecular weight excluding hydrogens is 521 g/mol. The standard InChI is InChI=1S/C25H25F3N6O3S/c1-24(2,37)14-10-16(20(36)19(14)35)32-21-13(22-33-15-5-3-4-6-17(15)38-22)11-30-23(34-21)31-12-7-8-29-18(9-12)25(26,27)28/h3-9,11,14,16,19-20,35-37H,10H2,1-2H3,(H2,29,30,31,32,34)/p+1/t14-,16+,19+,20-/m0/s1. The molecule has 4 atom stereocenters. The molecule has 200 valence electrons. The van der Waals surface area contributed by atoms with E-state index in [2.05, 4.69) is 30.6 Å². The summed E-state index contributed by atoms with van der Waals surface area (Å²) in [6, 6.07) is 9.18. The molecule has 1 fully saturated rings. The highest BCUT2D eigenvalue weighted by Gasteiger charge is 2.48. The van der Waals surface area contributed by atoms with Crippen LogP contribution in [0, 0.1) is 5.92 Å². The van der Waals surface area contributed by atoms with Crippen LogP contribution in [0.2, 0.25) is 0 Å². The maximum atomic E-state index is 13.1. The predicted molar refractivity (Wildman–Crippen MR) is 136 cm³/mol. The molecule has 0 spiro atoms. The number of H-pyrrole nitrogens is 1. The zero-order chi connectivity index (χ0) is 27.2. The van der Waals surface area contributed by atoms with Gasteiger partial charge in [-0.2, -0.15) is 13.2 Å². The van der Waals surface area contributed by atoms with Crippen molar-refractivity contribution >= 4 is 39.0 Å². The van der Waals surface area contributed by atoms with Gasteiger partial charge >= 0.3 is 12.1 Å². The molecule has 0 aliphatic heterocycles. The number of halogens is 3. The van der Waals surface area contributed by atoms with E-state index in [9.17, 15) is 28.5 Å². The van der Waals surface area contributed by atoms with Gasteiger partial charge in [0.15, 0.2) is 0 Å². The molecule has 1 saturated carbocycles. The molecule has 1 aliphatic carbocycles. The second kappa shape index (κ2) is 9.73. The third-order valence-electron chi connectivity index (χ3n) is 6.58. The van der Waals surface area contributed by atoms with Crippen LogP contribution < -0.4 is 15.6 Å². The van der Waals surface area contributed by atoms with E-state index in [-0.39, 0.29) is 18.1 Å². The fourth-order valence-corrected chi connectivity index (χ4v) is 5.58. The fraction of sp³-hybridized carbons (Fsp3) is 0.360. The van der Waals surface area contributed by atoms with Crippen molar-refractivity contribution in [2.75, 3.05) is 10.6 Å². The van der Waals surface area contributed by atoms with E-state index in [1.807, 2.05) is 24.3 Å². The van der Waals surface area contributed by atoms with E-state index in [1.54, 1.807) is 20.0 Å². The number of fused-ring (bicyclic) bond motifs is 1. The van der Waals surface area contributed by atoms with Crippen LogP contribution in [0.25, 0.3) is 20.8 Å². The average molecular weight is 548 g/mol. The van der Waals surface area contributed by atoms with Crippen molar-refractivity contribution in [2.45, 2.75) is 50.3 Å². The molecule has 3 heterocycles. The minimum atomic E-state index is -4.60. The molecule has 9 nitrogen and oxygen atoms in total. The van der Waals surface area contributed by atoms with E-state index >= 15 is 0 Å². The van der Waals surface area contributed by atoms with Crippen LogP contribution in [0.3, 0.4) is 0 Å². The third-order valence-corrected chi connectivity index (χ3v) is 7.65. The van der Waals surface area contributed by atoms with Gasteiger partial charge < -0.3 is 20.6 Å². The van der Waals surface area contributed by atoms with Crippen LogP contribution in [0.5, 0.6) is 0 Å². The first kappa shape index (κ1) is 26.2. The number of alkyl halides is 3. The number of aliphatic hydroxyl groups is 3. The molecule has 3 aromatic heterocycles. The Balaban J connectivity index is 1.51. The number of rotatable bonds is 6. The number of thiazole rings is 1. The number of pyridine rings is 1. The first-order chi connectivity index (χ1) is 17.9. The van der Waals surface area contributed by atoms with Gasteiger partial charge in [-0.25, -0.2) is 15.3 Å². The van der Waals surface area contributed by atoms with Crippen LogP contribution in [0.1, 0.15) is 26.0 Å². The number of nitrogens with zero attached hydrogens (tertiary/aromatic N) is 3. The lowest BCUT2D eigenvalue weighted by molar-refractivity contribution is -0.363. The number of para-hydroxylation sites is 1. The molecule has 6 N–H and O–H groups in total. The van der Waals surface area contributed by atoms with Crippen LogP contribution in [-0.4, -0.2) is 54.1 Å². The molecule has 5 rings (SSSR count). The number of aromatic nitrogens is 4. The summed E-state index contributed by atoms with van der Waals surface area (Å²) in [7, 11) is 0. The first-order valence-corrected chi connectivity index (χ1v) is 12.7. The topological polar surface area (TPSA) is 138 Å². The number of hydrogen-bond acceptors (Lipinski definition) is 9. The predicted octanol–water partition coefficient (Wildman–Crippen LogP) is 3.62. The Bertz CT molecular complexity index is 1430. The Labute approximate surface area is 219 Å². The van der Waals surface area contributed by atoms with Gasteiger partial charge in [0.05, 0.1) is 34.2 Å². The Morgan fingerprint density at radius 1 is 1.08 bits per heavy atom. The summed E-state index contributed by atoms with van der Waals surface area (Å²) in [5, 5.41) is 38.4. The van der Waals surface area contributed by atoms with Gasteiger partial charge in [-0.15, -0.1) is 11.3 Å². The molecule has 0 saturated heterocycles. The lowest BCUT2D eigenvalue weighted by Crippen LogP contribution is -2.40. The van der Waals surface area contributed by atoms with Crippen molar-refractivity contribution < 1.29 is 33.5 Å². The van der Waals surface area contributed by atoms with Gasteiger partial charge in [-0.3, -0.25) is 4.98 Å². The minimum absolute atomic E-state index is 0.119. The summed E-state index contributed by atoms with van der Waals surface area (Å²) in [5.41, 5.74) is -0.804. The lowest BCUT2D eigenvalue weighted by Gasteiger charge is -2.28. The average Bonchev–Trinajstić information content (AvgIpc) is 3.40. The molecule has 4 aromatic rings. The van der Waals surface area contributed by atoms with Gasteiger partial charge in [0.25, 0.3) is 0 Å². The van der Waals surface area contributed by atoms with Crippen LogP contribution in [0.4, 0.5) is 30.6 Å². The summed E-state index contributed by atoms with van der Waals surface area (Å²) in [6.07, 6.45) is -4.03. The molecule has 0 unspecified atom stereocenters. The number of aliphatic hydroxyl groups excluding tert-OH is 2. The van der Waals surface area contributed by atoms with Crippen LogP contribution >= 0.6 is 11.3 Å². The molecular formula is C25H26F3N6O3S+. The SMILES string of the molecule is CC(C)(O)[C@H]1C[C@@H](Nc2nc(Nc3ccnc(C(F)(F)F)c3)[nH+]cc2-c2nc3ccccc3s2)[C@H](O)[C@@H]1O. The Morgan fingerprint density at radius 3 is 2.53 bits per heavy atom. The highest BCUT2D eigenvalue weighted by atomic mass is 32.1. The summed E-state index contributed by atoms with van der Waals surface area (Å²) < 4.78 is 40.3.